The number of rotatable bonds is 8. The first-order chi connectivity index (χ1) is 14.2. The van der Waals surface area contributed by atoms with Crippen molar-refractivity contribution < 1.29 is 9.53 Å². The van der Waals surface area contributed by atoms with Gasteiger partial charge in [0.05, 0.1) is 18.4 Å². The van der Waals surface area contributed by atoms with Crippen LogP contribution >= 0.6 is 11.8 Å². The SMILES string of the molecule is COCCn1c(SC(C)C(=O)c2ccc3c(c2)CCC3)nnc1-c1ccncc1. The molecule has 6 nitrogen and oxygen atoms in total. The summed E-state index contributed by atoms with van der Waals surface area (Å²) in [6, 6.07) is 9.94. The van der Waals surface area contributed by atoms with E-state index in [1.165, 1.54) is 29.3 Å². The molecule has 150 valence electrons. The number of ketones is 1. The maximum Gasteiger partial charge on any atom is 0.192 e. The van der Waals surface area contributed by atoms with Gasteiger partial charge in [0.15, 0.2) is 16.8 Å². The lowest BCUT2D eigenvalue weighted by Gasteiger charge is -2.13. The zero-order valence-electron chi connectivity index (χ0n) is 16.7. The fourth-order valence-electron chi connectivity index (χ4n) is 3.65. The molecule has 0 saturated heterocycles. The van der Waals surface area contributed by atoms with Gasteiger partial charge in [-0.2, -0.15) is 0 Å². The molecule has 1 aliphatic rings. The highest BCUT2D eigenvalue weighted by atomic mass is 32.2. The van der Waals surface area contributed by atoms with Gasteiger partial charge in [-0.25, -0.2) is 0 Å². The lowest BCUT2D eigenvalue weighted by atomic mass is 10.0. The van der Waals surface area contributed by atoms with Crippen molar-refractivity contribution in [1.82, 2.24) is 19.7 Å². The molecule has 0 amide bonds. The summed E-state index contributed by atoms with van der Waals surface area (Å²) in [5, 5.41) is 9.20. The van der Waals surface area contributed by atoms with E-state index in [9.17, 15) is 4.79 Å². The van der Waals surface area contributed by atoms with Crippen LogP contribution in [-0.2, 0) is 24.1 Å². The van der Waals surface area contributed by atoms with E-state index in [-0.39, 0.29) is 11.0 Å². The highest BCUT2D eigenvalue weighted by Gasteiger charge is 2.23. The van der Waals surface area contributed by atoms with Crippen LogP contribution in [0.25, 0.3) is 11.4 Å². The maximum absolute atomic E-state index is 13.0. The molecule has 1 unspecified atom stereocenters. The van der Waals surface area contributed by atoms with Crippen LogP contribution in [0.1, 0.15) is 34.8 Å². The molecule has 7 heteroatoms. The molecule has 4 rings (SSSR count). The van der Waals surface area contributed by atoms with E-state index in [1.807, 2.05) is 29.7 Å². The van der Waals surface area contributed by atoms with E-state index in [2.05, 4.69) is 27.3 Å². The van der Waals surface area contributed by atoms with Crippen molar-refractivity contribution in [2.45, 2.75) is 43.1 Å². The van der Waals surface area contributed by atoms with Crippen LogP contribution in [0.3, 0.4) is 0 Å². The molecule has 0 saturated carbocycles. The number of carbonyl (C=O) groups is 1. The van der Waals surface area contributed by atoms with Crippen LogP contribution in [-0.4, -0.2) is 44.5 Å². The number of hydrogen-bond acceptors (Lipinski definition) is 6. The van der Waals surface area contributed by atoms with Gasteiger partial charge in [0.25, 0.3) is 0 Å². The van der Waals surface area contributed by atoms with E-state index in [0.717, 1.165) is 34.9 Å². The van der Waals surface area contributed by atoms with Crippen molar-refractivity contribution in [3.63, 3.8) is 0 Å². The van der Waals surface area contributed by atoms with E-state index in [0.29, 0.717) is 13.2 Å². The largest absolute Gasteiger partial charge is 0.383 e. The quantitative estimate of drug-likeness (QED) is 0.417. The third-order valence-electron chi connectivity index (χ3n) is 5.21. The zero-order valence-corrected chi connectivity index (χ0v) is 17.5. The van der Waals surface area contributed by atoms with Crippen molar-refractivity contribution in [2.75, 3.05) is 13.7 Å². The molecular formula is C22H24N4O2S. The summed E-state index contributed by atoms with van der Waals surface area (Å²) in [7, 11) is 1.67. The first kappa shape index (κ1) is 19.8. The Morgan fingerprint density at radius 2 is 1.97 bits per heavy atom. The fourth-order valence-corrected chi connectivity index (χ4v) is 4.60. The van der Waals surface area contributed by atoms with Crippen molar-refractivity contribution in [3.05, 3.63) is 59.4 Å². The van der Waals surface area contributed by atoms with Crippen molar-refractivity contribution in [1.29, 1.82) is 0 Å². The molecule has 0 bridgehead atoms. The van der Waals surface area contributed by atoms with Gasteiger partial charge in [0.2, 0.25) is 0 Å². The summed E-state index contributed by atoms with van der Waals surface area (Å²) in [5.41, 5.74) is 4.41. The number of pyridine rings is 1. The molecule has 2 heterocycles. The Morgan fingerprint density at radius 1 is 1.17 bits per heavy atom. The molecule has 0 fully saturated rings. The number of aryl methyl sites for hydroxylation is 2. The Labute approximate surface area is 174 Å². The Kier molecular flexibility index (Phi) is 6.06. The van der Waals surface area contributed by atoms with Crippen molar-refractivity contribution in [2.24, 2.45) is 0 Å². The number of nitrogens with zero attached hydrogens (tertiary/aromatic N) is 4. The van der Waals surface area contributed by atoms with Gasteiger partial charge in [-0.1, -0.05) is 23.9 Å². The number of thioether (sulfide) groups is 1. The molecule has 0 radical (unpaired) electrons. The van der Waals surface area contributed by atoms with Gasteiger partial charge < -0.3 is 4.74 Å². The highest BCUT2D eigenvalue weighted by molar-refractivity contribution is 8.00. The van der Waals surface area contributed by atoms with Gasteiger partial charge in [-0.3, -0.25) is 14.3 Å². The average Bonchev–Trinajstić information content (AvgIpc) is 3.38. The Balaban J connectivity index is 1.56. The van der Waals surface area contributed by atoms with Gasteiger partial charge in [0, 0.05) is 30.6 Å². The highest BCUT2D eigenvalue weighted by Crippen LogP contribution is 2.29. The number of fused-ring (bicyclic) bond motifs is 1. The molecule has 2 aromatic heterocycles. The molecule has 1 atom stereocenters. The molecule has 1 aromatic carbocycles. The molecule has 3 aromatic rings. The maximum atomic E-state index is 13.0. The lowest BCUT2D eigenvalue weighted by Crippen LogP contribution is -2.16. The second-order valence-corrected chi connectivity index (χ2v) is 8.46. The minimum Gasteiger partial charge on any atom is -0.383 e. The number of ether oxygens (including phenoxy) is 1. The van der Waals surface area contributed by atoms with Gasteiger partial charge in [-0.15, -0.1) is 10.2 Å². The Bertz CT molecular complexity index is 1000. The van der Waals surface area contributed by atoms with Crippen LogP contribution in [0, 0.1) is 0 Å². The molecule has 1 aliphatic carbocycles. The van der Waals surface area contributed by atoms with Crippen LogP contribution in [0.15, 0.2) is 47.9 Å². The molecule has 0 spiro atoms. The first-order valence-electron chi connectivity index (χ1n) is 9.82. The van der Waals surface area contributed by atoms with Crippen LogP contribution in [0.5, 0.6) is 0 Å². The summed E-state index contributed by atoms with van der Waals surface area (Å²) in [6.07, 6.45) is 6.83. The van der Waals surface area contributed by atoms with Crippen LogP contribution < -0.4 is 0 Å². The van der Waals surface area contributed by atoms with Gasteiger partial charge in [0.1, 0.15) is 0 Å². The second-order valence-electron chi connectivity index (χ2n) is 7.15. The Hall–Kier alpha value is -2.51. The number of hydrogen-bond donors (Lipinski definition) is 0. The first-order valence-corrected chi connectivity index (χ1v) is 10.7. The van der Waals surface area contributed by atoms with Crippen molar-refractivity contribution in [3.8, 4) is 11.4 Å². The fraction of sp³-hybridized carbons (Fsp3) is 0.364. The smallest absolute Gasteiger partial charge is 0.192 e. The van der Waals surface area contributed by atoms with E-state index < -0.39 is 0 Å². The minimum atomic E-state index is -0.259. The third-order valence-corrected chi connectivity index (χ3v) is 6.29. The molecule has 0 N–H and O–H groups in total. The normalized spacial score (nSPS) is 14.0. The van der Waals surface area contributed by atoms with E-state index in [4.69, 9.17) is 4.74 Å². The third kappa shape index (κ3) is 4.26. The summed E-state index contributed by atoms with van der Waals surface area (Å²) < 4.78 is 7.27. The number of carbonyl (C=O) groups excluding carboxylic acids is 1. The number of aromatic nitrogens is 4. The van der Waals surface area contributed by atoms with Crippen LogP contribution in [0.2, 0.25) is 0 Å². The minimum absolute atomic E-state index is 0.122. The Morgan fingerprint density at radius 3 is 2.76 bits per heavy atom. The average molecular weight is 409 g/mol. The predicted molar refractivity (Wildman–Crippen MR) is 113 cm³/mol. The van der Waals surface area contributed by atoms with E-state index in [1.54, 1.807) is 19.5 Å². The molecule has 29 heavy (non-hydrogen) atoms. The van der Waals surface area contributed by atoms with Gasteiger partial charge >= 0.3 is 0 Å². The van der Waals surface area contributed by atoms with E-state index >= 15 is 0 Å². The predicted octanol–water partition coefficient (Wildman–Crippen LogP) is 3.84. The monoisotopic (exact) mass is 408 g/mol. The summed E-state index contributed by atoms with van der Waals surface area (Å²) >= 11 is 1.44. The lowest BCUT2D eigenvalue weighted by molar-refractivity contribution is 0.0993. The molecular weight excluding hydrogens is 384 g/mol. The number of methoxy groups -OCH3 is 1. The van der Waals surface area contributed by atoms with Crippen LogP contribution in [0.4, 0.5) is 0 Å². The zero-order chi connectivity index (χ0) is 20.2. The van der Waals surface area contributed by atoms with Crippen molar-refractivity contribution >= 4 is 17.5 Å². The summed E-state index contributed by atoms with van der Waals surface area (Å²) in [4.78, 5) is 17.1. The summed E-state index contributed by atoms with van der Waals surface area (Å²) in [6.45, 7) is 3.09. The summed E-state index contributed by atoms with van der Waals surface area (Å²) in [5.74, 6) is 0.876. The number of benzene rings is 1. The molecule has 0 aliphatic heterocycles. The standard InChI is InChI=1S/C22H24N4O2S/c1-15(20(27)19-7-6-16-4-3-5-18(16)14-19)29-22-25-24-21(26(22)12-13-28-2)17-8-10-23-11-9-17/h6-11,14-15H,3-5,12-13H2,1-2H3. The second kappa shape index (κ2) is 8.88. The topological polar surface area (TPSA) is 69.9 Å². The van der Waals surface area contributed by atoms with Gasteiger partial charge in [-0.05, 0) is 55.5 Å². The number of Topliss-reactive ketones (excluding diaryl/α,β-unsaturated/α-hetero) is 1.